The van der Waals surface area contributed by atoms with Crippen molar-refractivity contribution in [3.63, 3.8) is 0 Å². The predicted molar refractivity (Wildman–Crippen MR) is 68.0 cm³/mol. The van der Waals surface area contributed by atoms with Gasteiger partial charge >= 0.3 is 0 Å². The van der Waals surface area contributed by atoms with Gasteiger partial charge in [-0.25, -0.2) is 4.39 Å². The van der Waals surface area contributed by atoms with E-state index in [0.29, 0.717) is 22.8 Å². The topological polar surface area (TPSA) is 38.0 Å². The minimum absolute atomic E-state index is 0.288. The Morgan fingerprint density at radius 1 is 1.39 bits per heavy atom. The van der Waals surface area contributed by atoms with Crippen LogP contribution >= 0.6 is 11.6 Å². The first-order valence-electron chi connectivity index (χ1n) is 5.60. The number of aryl methyl sites for hydroxylation is 2. The van der Waals surface area contributed by atoms with Crippen LogP contribution in [0.1, 0.15) is 22.9 Å². The van der Waals surface area contributed by atoms with Crippen molar-refractivity contribution in [3.8, 4) is 0 Å². The number of hydrogen-bond acceptors (Lipinski definition) is 2. The largest absolute Gasteiger partial charge is 0.388 e. The molecule has 18 heavy (non-hydrogen) atoms. The van der Waals surface area contributed by atoms with E-state index in [-0.39, 0.29) is 5.82 Å². The van der Waals surface area contributed by atoms with Crippen LogP contribution in [0.5, 0.6) is 0 Å². The number of aliphatic hydroxyl groups is 1. The molecule has 0 saturated heterocycles. The van der Waals surface area contributed by atoms with Gasteiger partial charge in [-0.05, 0) is 24.6 Å². The molecule has 2 rings (SSSR count). The molecule has 1 aromatic carbocycles. The summed E-state index contributed by atoms with van der Waals surface area (Å²) in [6.07, 6.45) is -0.358. The van der Waals surface area contributed by atoms with E-state index in [1.165, 1.54) is 16.8 Å². The number of aromatic nitrogens is 2. The van der Waals surface area contributed by atoms with Crippen molar-refractivity contribution in [2.45, 2.75) is 19.4 Å². The second-order valence-electron chi connectivity index (χ2n) is 4.26. The maximum atomic E-state index is 12.8. The molecule has 2 aromatic rings. The average molecular weight is 269 g/mol. The number of rotatable bonds is 3. The van der Waals surface area contributed by atoms with Gasteiger partial charge in [-0.2, -0.15) is 5.10 Å². The van der Waals surface area contributed by atoms with Crippen molar-refractivity contribution in [3.05, 3.63) is 52.1 Å². The van der Waals surface area contributed by atoms with E-state index < -0.39 is 6.10 Å². The molecule has 0 saturated carbocycles. The van der Waals surface area contributed by atoms with Gasteiger partial charge in [0.1, 0.15) is 11.0 Å². The number of benzene rings is 1. The van der Waals surface area contributed by atoms with Gasteiger partial charge < -0.3 is 5.11 Å². The summed E-state index contributed by atoms with van der Waals surface area (Å²) < 4.78 is 14.3. The summed E-state index contributed by atoms with van der Waals surface area (Å²) in [5, 5.41) is 14.8. The summed E-state index contributed by atoms with van der Waals surface area (Å²) in [4.78, 5) is 0. The third-order valence-corrected chi connectivity index (χ3v) is 3.32. The van der Waals surface area contributed by atoms with Gasteiger partial charge in [-0.3, -0.25) is 4.68 Å². The Labute approximate surface area is 110 Å². The zero-order valence-corrected chi connectivity index (χ0v) is 10.9. The van der Waals surface area contributed by atoms with Crippen LogP contribution in [-0.4, -0.2) is 14.9 Å². The SMILES string of the molecule is Cc1nn(C)c(Cl)c1C(O)Cc1ccc(F)cc1. The van der Waals surface area contributed by atoms with Gasteiger partial charge in [0.15, 0.2) is 0 Å². The van der Waals surface area contributed by atoms with Crippen LogP contribution in [0.3, 0.4) is 0 Å². The van der Waals surface area contributed by atoms with Crippen molar-refractivity contribution in [1.29, 1.82) is 0 Å². The lowest BCUT2D eigenvalue weighted by Crippen LogP contribution is -2.03. The molecule has 1 atom stereocenters. The molecule has 1 N–H and O–H groups in total. The Morgan fingerprint density at radius 2 is 2.00 bits per heavy atom. The highest BCUT2D eigenvalue weighted by Crippen LogP contribution is 2.28. The van der Waals surface area contributed by atoms with Gasteiger partial charge in [-0.1, -0.05) is 23.7 Å². The number of nitrogens with zero attached hydrogens (tertiary/aromatic N) is 2. The Morgan fingerprint density at radius 3 is 2.50 bits per heavy atom. The predicted octanol–water partition coefficient (Wildman–Crippen LogP) is 2.80. The second-order valence-corrected chi connectivity index (χ2v) is 4.62. The summed E-state index contributed by atoms with van der Waals surface area (Å²) in [5.74, 6) is -0.288. The molecule has 0 spiro atoms. The summed E-state index contributed by atoms with van der Waals surface area (Å²) in [6, 6.07) is 6.05. The molecule has 0 aliphatic heterocycles. The standard InChI is InChI=1S/C13H14ClFN2O/c1-8-12(13(14)17(2)16-8)11(18)7-9-3-5-10(15)6-4-9/h3-6,11,18H,7H2,1-2H3. The Kier molecular flexibility index (Phi) is 3.68. The summed E-state index contributed by atoms with van der Waals surface area (Å²) in [6.45, 7) is 1.80. The van der Waals surface area contributed by atoms with E-state index in [9.17, 15) is 9.50 Å². The maximum absolute atomic E-state index is 12.8. The monoisotopic (exact) mass is 268 g/mol. The molecule has 5 heteroatoms. The van der Waals surface area contributed by atoms with Crippen molar-refractivity contribution in [1.82, 2.24) is 9.78 Å². The highest BCUT2D eigenvalue weighted by molar-refractivity contribution is 6.30. The van der Waals surface area contributed by atoms with Crippen LogP contribution < -0.4 is 0 Å². The molecule has 96 valence electrons. The van der Waals surface area contributed by atoms with Gasteiger partial charge in [0.2, 0.25) is 0 Å². The van der Waals surface area contributed by atoms with Gasteiger partial charge in [0.05, 0.1) is 11.8 Å². The number of aliphatic hydroxyl groups excluding tert-OH is 1. The summed E-state index contributed by atoms with van der Waals surface area (Å²) in [7, 11) is 1.73. The fourth-order valence-corrected chi connectivity index (χ4v) is 2.27. The lowest BCUT2D eigenvalue weighted by molar-refractivity contribution is 0.177. The maximum Gasteiger partial charge on any atom is 0.132 e. The van der Waals surface area contributed by atoms with Gasteiger partial charge in [0, 0.05) is 19.0 Å². The normalized spacial score (nSPS) is 12.7. The van der Waals surface area contributed by atoms with Crippen molar-refractivity contribution < 1.29 is 9.50 Å². The molecule has 0 radical (unpaired) electrons. The Bertz CT molecular complexity index is 551. The van der Waals surface area contributed by atoms with Crippen molar-refractivity contribution in [2.24, 2.45) is 7.05 Å². The van der Waals surface area contributed by atoms with E-state index in [1.807, 2.05) is 0 Å². The smallest absolute Gasteiger partial charge is 0.132 e. The molecule has 1 aromatic heterocycles. The molecule has 3 nitrogen and oxygen atoms in total. The quantitative estimate of drug-likeness (QED) is 0.930. The van der Waals surface area contributed by atoms with Crippen molar-refractivity contribution >= 4 is 11.6 Å². The lowest BCUT2D eigenvalue weighted by Gasteiger charge is -2.10. The van der Waals surface area contributed by atoms with Gasteiger partial charge in [-0.15, -0.1) is 0 Å². The van der Waals surface area contributed by atoms with E-state index in [1.54, 1.807) is 26.1 Å². The molecule has 0 bridgehead atoms. The first-order chi connectivity index (χ1) is 8.49. The number of halogens is 2. The first kappa shape index (κ1) is 13.1. The van der Waals surface area contributed by atoms with Crippen LogP contribution in [0.2, 0.25) is 5.15 Å². The molecular weight excluding hydrogens is 255 g/mol. The zero-order valence-electron chi connectivity index (χ0n) is 10.2. The molecule has 0 aliphatic carbocycles. The van der Waals surface area contributed by atoms with E-state index in [2.05, 4.69) is 5.10 Å². The van der Waals surface area contributed by atoms with Crippen LogP contribution in [0.25, 0.3) is 0 Å². The van der Waals surface area contributed by atoms with Crippen LogP contribution in [0.15, 0.2) is 24.3 Å². The van der Waals surface area contributed by atoms with Gasteiger partial charge in [0.25, 0.3) is 0 Å². The third kappa shape index (κ3) is 2.54. The van der Waals surface area contributed by atoms with E-state index >= 15 is 0 Å². The van der Waals surface area contributed by atoms with Crippen LogP contribution in [-0.2, 0) is 13.5 Å². The summed E-state index contributed by atoms with van der Waals surface area (Å²) in [5.41, 5.74) is 2.18. The van der Waals surface area contributed by atoms with Crippen LogP contribution in [0, 0.1) is 12.7 Å². The molecule has 0 fully saturated rings. The second kappa shape index (κ2) is 5.08. The number of hydrogen-bond donors (Lipinski definition) is 1. The first-order valence-corrected chi connectivity index (χ1v) is 5.98. The van der Waals surface area contributed by atoms with Crippen molar-refractivity contribution in [2.75, 3.05) is 0 Å². The fraction of sp³-hybridized carbons (Fsp3) is 0.308. The highest BCUT2D eigenvalue weighted by Gasteiger charge is 2.19. The molecule has 1 unspecified atom stereocenters. The zero-order chi connectivity index (χ0) is 13.3. The molecule has 1 heterocycles. The van der Waals surface area contributed by atoms with Crippen LogP contribution in [0.4, 0.5) is 4.39 Å². The minimum Gasteiger partial charge on any atom is -0.388 e. The molecular formula is C13H14ClFN2O. The average Bonchev–Trinajstić information content (AvgIpc) is 2.56. The lowest BCUT2D eigenvalue weighted by atomic mass is 10.0. The molecule has 0 amide bonds. The Balaban J connectivity index is 2.21. The highest BCUT2D eigenvalue weighted by atomic mass is 35.5. The Hall–Kier alpha value is -1.39. The molecule has 0 aliphatic rings. The minimum atomic E-state index is -0.739. The van der Waals surface area contributed by atoms with E-state index in [4.69, 9.17) is 11.6 Å². The fourth-order valence-electron chi connectivity index (χ4n) is 1.97. The summed E-state index contributed by atoms with van der Waals surface area (Å²) >= 11 is 6.08. The van der Waals surface area contributed by atoms with E-state index in [0.717, 1.165) is 5.56 Å². The third-order valence-electron chi connectivity index (χ3n) is 2.87.